The lowest BCUT2D eigenvalue weighted by Gasteiger charge is -2.05. The number of carbonyl (C=O) groups is 2. The molecule has 172 valence electrons. The highest BCUT2D eigenvalue weighted by Gasteiger charge is 2.30. The second-order valence-corrected chi connectivity index (χ2v) is 7.09. The van der Waals surface area contributed by atoms with Crippen LogP contribution in [-0.4, -0.2) is 30.8 Å². The van der Waals surface area contributed by atoms with Crippen molar-refractivity contribution in [2.24, 2.45) is 0 Å². The molecule has 0 spiro atoms. The zero-order valence-electron chi connectivity index (χ0n) is 17.8. The number of hydrogen-bond donors (Lipinski definition) is 4. The number of anilines is 2. The Balaban J connectivity index is 0.000000336. The first-order chi connectivity index (χ1) is 15.3. The predicted octanol–water partition coefficient (Wildman–Crippen LogP) is 4.99. The number of H-pyrrole nitrogens is 1. The molecule has 0 saturated carbocycles. The molecule has 1 aromatic heterocycles. The van der Waals surface area contributed by atoms with Crippen LogP contribution >= 0.6 is 0 Å². The van der Waals surface area contributed by atoms with Crippen LogP contribution in [0.3, 0.4) is 0 Å². The molecule has 0 aliphatic carbocycles. The number of amides is 1. The number of aromatic nitrogens is 1. The highest BCUT2D eigenvalue weighted by atomic mass is 19.4. The van der Waals surface area contributed by atoms with Gasteiger partial charge in [0.05, 0.1) is 16.9 Å². The largest absolute Gasteiger partial charge is 0.416 e. The van der Waals surface area contributed by atoms with Gasteiger partial charge in [0.1, 0.15) is 12.0 Å². The third-order valence-corrected chi connectivity index (χ3v) is 4.71. The van der Waals surface area contributed by atoms with Gasteiger partial charge in [-0.25, -0.2) is 0 Å². The lowest BCUT2D eigenvalue weighted by Crippen LogP contribution is -2.24. The number of halogens is 3. The Morgan fingerprint density at radius 2 is 1.84 bits per heavy atom. The summed E-state index contributed by atoms with van der Waals surface area (Å²) >= 11 is 0. The lowest BCUT2D eigenvalue weighted by atomic mass is 10.1. The maximum absolute atomic E-state index is 12.7. The first kappa shape index (κ1) is 24.8. The molecule has 0 aliphatic rings. The Bertz CT molecular complexity index is 1030. The van der Waals surface area contributed by atoms with Gasteiger partial charge in [-0.15, -0.1) is 0 Å². The molecular weight excluding hydrogens is 421 g/mol. The van der Waals surface area contributed by atoms with Crippen LogP contribution in [0.25, 0.3) is 10.9 Å². The number of hydrogen-bond acceptors (Lipinski definition) is 4. The Kier molecular flexibility index (Phi) is 9.12. The Morgan fingerprint density at radius 1 is 1.09 bits per heavy atom. The minimum Gasteiger partial charge on any atom is -0.397 e. The summed E-state index contributed by atoms with van der Waals surface area (Å²) in [4.78, 5) is 24.9. The van der Waals surface area contributed by atoms with E-state index in [0.29, 0.717) is 23.9 Å². The molecule has 9 heteroatoms. The van der Waals surface area contributed by atoms with Crippen LogP contribution in [0.1, 0.15) is 41.7 Å². The Labute approximate surface area is 184 Å². The van der Waals surface area contributed by atoms with Gasteiger partial charge in [-0.3, -0.25) is 4.79 Å². The molecule has 0 bridgehead atoms. The average Bonchev–Trinajstić information content (AvgIpc) is 3.20. The van der Waals surface area contributed by atoms with E-state index in [1.807, 2.05) is 31.3 Å². The molecule has 0 aliphatic heterocycles. The second kappa shape index (κ2) is 11.8. The normalized spacial score (nSPS) is 10.9. The zero-order valence-corrected chi connectivity index (χ0v) is 17.8. The number of nitrogens with one attached hydrogen (secondary N) is 3. The van der Waals surface area contributed by atoms with Crippen molar-refractivity contribution < 1.29 is 22.8 Å². The predicted molar refractivity (Wildman–Crippen MR) is 121 cm³/mol. The van der Waals surface area contributed by atoms with E-state index in [-0.39, 0.29) is 11.6 Å². The fourth-order valence-electron chi connectivity index (χ4n) is 2.98. The average molecular weight is 448 g/mol. The monoisotopic (exact) mass is 448 g/mol. The van der Waals surface area contributed by atoms with E-state index in [1.54, 1.807) is 0 Å². The summed E-state index contributed by atoms with van der Waals surface area (Å²) in [6, 6.07) is 12.4. The van der Waals surface area contributed by atoms with Crippen molar-refractivity contribution in [2.75, 3.05) is 24.6 Å². The van der Waals surface area contributed by atoms with Gasteiger partial charge >= 0.3 is 6.18 Å². The molecule has 0 unspecified atom stereocenters. The summed E-state index contributed by atoms with van der Waals surface area (Å²) < 4.78 is 38.0. The van der Waals surface area contributed by atoms with Crippen LogP contribution < -0.4 is 16.4 Å². The van der Waals surface area contributed by atoms with Gasteiger partial charge in [0, 0.05) is 30.9 Å². The fourth-order valence-corrected chi connectivity index (χ4v) is 2.98. The van der Waals surface area contributed by atoms with Crippen molar-refractivity contribution in [2.45, 2.75) is 31.9 Å². The summed E-state index contributed by atoms with van der Waals surface area (Å²) in [5.74, 6) is -0.356. The van der Waals surface area contributed by atoms with E-state index in [1.165, 1.54) is 12.1 Å². The van der Waals surface area contributed by atoms with Crippen molar-refractivity contribution in [1.82, 2.24) is 10.3 Å². The highest BCUT2D eigenvalue weighted by molar-refractivity contribution is 5.98. The molecule has 1 heterocycles. The number of rotatable bonds is 8. The number of benzene rings is 2. The van der Waals surface area contributed by atoms with Crippen LogP contribution in [0.2, 0.25) is 0 Å². The molecule has 6 nitrogen and oxygen atoms in total. The van der Waals surface area contributed by atoms with Crippen LogP contribution in [0.5, 0.6) is 0 Å². The molecular formula is C23H27F3N4O2. The van der Waals surface area contributed by atoms with Crippen molar-refractivity contribution in [1.29, 1.82) is 0 Å². The highest BCUT2D eigenvalue weighted by Crippen LogP contribution is 2.31. The molecule has 0 atom stereocenters. The third-order valence-electron chi connectivity index (χ3n) is 4.71. The number of aldehydes is 1. The Hall–Kier alpha value is -3.49. The molecule has 32 heavy (non-hydrogen) atoms. The fraction of sp³-hybridized carbons (Fsp3) is 0.304. The van der Waals surface area contributed by atoms with Gasteiger partial charge < -0.3 is 26.1 Å². The van der Waals surface area contributed by atoms with Gasteiger partial charge in [0.25, 0.3) is 5.91 Å². The summed E-state index contributed by atoms with van der Waals surface area (Å²) in [6.07, 6.45) is -0.671. The smallest absolute Gasteiger partial charge is 0.397 e. The van der Waals surface area contributed by atoms with Gasteiger partial charge in [-0.1, -0.05) is 18.6 Å². The van der Waals surface area contributed by atoms with E-state index < -0.39 is 11.7 Å². The standard InChI is InChI=1S/C16H17F3N2O2.C7H10N2/c17-16(18,19)12-5-6-13-11(9-12)10-14(21-13)15(23)20-7-3-1-2-4-8-22;1-9-7-5-3-2-4-6(7)8/h5-6,8-10,21H,1-4,7H2,(H,20,23);2-5,9H,8H2,1H3. The second-order valence-electron chi connectivity index (χ2n) is 7.09. The topological polar surface area (TPSA) is 100 Å². The molecule has 2 aromatic carbocycles. The van der Waals surface area contributed by atoms with Crippen LogP contribution in [0, 0.1) is 0 Å². The minimum atomic E-state index is -4.41. The number of aromatic amines is 1. The van der Waals surface area contributed by atoms with Gasteiger partial charge in [0.15, 0.2) is 0 Å². The SMILES string of the molecule is CNc1ccccc1N.O=CCCCCCNC(=O)c1cc2cc(C(F)(F)F)ccc2[nH]1. The summed E-state index contributed by atoms with van der Waals surface area (Å²) in [7, 11) is 1.85. The van der Waals surface area contributed by atoms with Crippen LogP contribution in [0.4, 0.5) is 24.5 Å². The molecule has 0 radical (unpaired) electrons. The first-order valence-electron chi connectivity index (χ1n) is 10.2. The number of nitrogens with two attached hydrogens (primary N) is 1. The summed E-state index contributed by atoms with van der Waals surface area (Å²) in [5, 5.41) is 6.01. The number of nitrogen functional groups attached to an aromatic ring is 1. The first-order valence-corrected chi connectivity index (χ1v) is 10.2. The molecule has 0 saturated heterocycles. The Morgan fingerprint density at radius 3 is 2.47 bits per heavy atom. The number of fused-ring (bicyclic) bond motifs is 1. The molecule has 5 N–H and O–H groups in total. The third kappa shape index (κ3) is 7.33. The summed E-state index contributed by atoms with van der Waals surface area (Å²) in [6.45, 7) is 0.459. The molecule has 3 aromatic rings. The molecule has 3 rings (SSSR count). The van der Waals surface area contributed by atoms with Crippen molar-refractivity contribution in [3.8, 4) is 0 Å². The summed E-state index contributed by atoms with van der Waals surface area (Å²) in [5.41, 5.74) is 7.31. The van der Waals surface area contributed by atoms with E-state index in [0.717, 1.165) is 49.1 Å². The number of carbonyl (C=O) groups excluding carboxylic acids is 2. The molecule has 0 fully saturated rings. The van der Waals surface area contributed by atoms with Crippen molar-refractivity contribution >= 4 is 34.5 Å². The quantitative estimate of drug-likeness (QED) is 0.222. The van der Waals surface area contributed by atoms with Crippen molar-refractivity contribution in [3.63, 3.8) is 0 Å². The van der Waals surface area contributed by atoms with E-state index in [9.17, 15) is 22.8 Å². The maximum Gasteiger partial charge on any atom is 0.416 e. The van der Waals surface area contributed by atoms with Crippen LogP contribution in [-0.2, 0) is 11.0 Å². The lowest BCUT2D eigenvalue weighted by molar-refractivity contribution is -0.137. The van der Waals surface area contributed by atoms with Gasteiger partial charge in [-0.05, 0) is 49.2 Å². The number of unbranched alkanes of at least 4 members (excludes halogenated alkanes) is 3. The number of alkyl halides is 3. The van der Waals surface area contributed by atoms with E-state index in [4.69, 9.17) is 5.73 Å². The number of para-hydroxylation sites is 2. The van der Waals surface area contributed by atoms with E-state index >= 15 is 0 Å². The van der Waals surface area contributed by atoms with Gasteiger partial charge in [0.2, 0.25) is 0 Å². The zero-order chi connectivity index (χ0) is 23.6. The minimum absolute atomic E-state index is 0.229. The van der Waals surface area contributed by atoms with Crippen LogP contribution in [0.15, 0.2) is 48.5 Å². The molecule has 1 amide bonds. The van der Waals surface area contributed by atoms with E-state index in [2.05, 4.69) is 15.6 Å². The maximum atomic E-state index is 12.7. The van der Waals surface area contributed by atoms with Gasteiger partial charge in [-0.2, -0.15) is 13.2 Å². The van der Waals surface area contributed by atoms with Crippen molar-refractivity contribution in [3.05, 3.63) is 59.8 Å².